The summed E-state index contributed by atoms with van der Waals surface area (Å²) >= 11 is 0. The summed E-state index contributed by atoms with van der Waals surface area (Å²) < 4.78 is 10.7. The van der Waals surface area contributed by atoms with Gasteiger partial charge in [-0.25, -0.2) is 5.48 Å². The first kappa shape index (κ1) is 24.2. The molecule has 0 fully saturated rings. The molecule has 2 unspecified atom stereocenters. The first-order valence-corrected chi connectivity index (χ1v) is 10.1. The van der Waals surface area contributed by atoms with Gasteiger partial charge < -0.3 is 14.8 Å². The van der Waals surface area contributed by atoms with Crippen LogP contribution in [-0.2, 0) is 20.7 Å². The van der Waals surface area contributed by atoms with Crippen molar-refractivity contribution in [2.24, 2.45) is 5.92 Å². The number of rotatable bonds is 13. The van der Waals surface area contributed by atoms with Gasteiger partial charge >= 0.3 is 0 Å². The number of benzene rings is 2. The molecule has 2 aromatic rings. The number of hydrogen-bond donors (Lipinski definition) is 3. The van der Waals surface area contributed by atoms with E-state index in [9.17, 15) is 19.6 Å². The van der Waals surface area contributed by atoms with Gasteiger partial charge in [-0.1, -0.05) is 42.5 Å². The molecule has 0 aliphatic rings. The van der Waals surface area contributed by atoms with Gasteiger partial charge in [0.2, 0.25) is 5.91 Å². The molecule has 0 saturated heterocycles. The predicted octanol–water partition coefficient (Wildman–Crippen LogP) is 2.36. The van der Waals surface area contributed by atoms with Crippen LogP contribution in [0.15, 0.2) is 54.6 Å². The zero-order chi connectivity index (χ0) is 22.5. The topological polar surface area (TPSA) is 114 Å². The minimum absolute atomic E-state index is 0.0620. The molecule has 0 aromatic heterocycles. The Labute approximate surface area is 181 Å². The third-order valence-electron chi connectivity index (χ3n) is 4.71. The Morgan fingerprint density at radius 1 is 1.06 bits per heavy atom. The van der Waals surface area contributed by atoms with Crippen LogP contribution < -0.4 is 10.8 Å². The maximum Gasteiger partial charge on any atom is 0.251 e. The van der Waals surface area contributed by atoms with Gasteiger partial charge in [0.15, 0.2) is 0 Å². The van der Waals surface area contributed by atoms with E-state index < -0.39 is 17.9 Å². The van der Waals surface area contributed by atoms with E-state index in [4.69, 9.17) is 9.47 Å². The van der Waals surface area contributed by atoms with Crippen LogP contribution in [0, 0.1) is 5.92 Å². The quantitative estimate of drug-likeness (QED) is 0.148. The van der Waals surface area contributed by atoms with Crippen LogP contribution in [0.3, 0.4) is 0 Å². The van der Waals surface area contributed by atoms with Crippen molar-refractivity contribution in [1.82, 2.24) is 10.8 Å². The molecule has 8 heteroatoms. The summed E-state index contributed by atoms with van der Waals surface area (Å²) in [5, 5.41) is 12.1. The lowest BCUT2D eigenvalue weighted by Crippen LogP contribution is -2.42. The van der Waals surface area contributed by atoms with Crippen molar-refractivity contribution in [3.05, 3.63) is 71.3 Å². The molecule has 31 heavy (non-hydrogen) atoms. The minimum Gasteiger partial charge on any atom is -0.356 e. The predicted molar refractivity (Wildman–Crippen MR) is 114 cm³/mol. The molecule has 0 spiro atoms. The Kier molecular flexibility index (Phi) is 10.4. The maximum absolute atomic E-state index is 12.7. The van der Waals surface area contributed by atoms with Crippen LogP contribution >= 0.6 is 0 Å². The third-order valence-corrected chi connectivity index (χ3v) is 4.71. The second-order valence-corrected chi connectivity index (χ2v) is 6.99. The molecule has 0 bridgehead atoms. The van der Waals surface area contributed by atoms with E-state index >= 15 is 0 Å². The molecule has 2 aromatic carbocycles. The SMILES string of the molecule is CCOCOCC(CC(Cc1ccccc1)C(=O)NO)NC(=O)c1ccc(C=O)cc1. The average Bonchev–Trinajstić information content (AvgIpc) is 2.81. The standard InChI is InChI=1S/C23H28N2O6/c1-2-30-16-31-15-21(24-22(27)19-10-8-18(14-26)9-11-19)13-20(23(28)25-29)12-17-6-4-3-5-7-17/h3-11,14,20-21,29H,2,12-13,15-16H2,1H3,(H,24,27)(H,25,28). The van der Waals surface area contributed by atoms with Crippen LogP contribution in [0.4, 0.5) is 0 Å². The fraction of sp³-hybridized carbons (Fsp3) is 0.348. The van der Waals surface area contributed by atoms with Gasteiger partial charge in [0, 0.05) is 23.7 Å². The summed E-state index contributed by atoms with van der Waals surface area (Å²) in [7, 11) is 0. The van der Waals surface area contributed by atoms with Gasteiger partial charge in [0.1, 0.15) is 13.1 Å². The van der Waals surface area contributed by atoms with E-state index in [1.807, 2.05) is 37.3 Å². The zero-order valence-electron chi connectivity index (χ0n) is 17.5. The van der Waals surface area contributed by atoms with Crippen LogP contribution in [0.1, 0.15) is 39.6 Å². The molecule has 2 amide bonds. The second kappa shape index (κ2) is 13.3. The second-order valence-electron chi connectivity index (χ2n) is 6.99. The van der Waals surface area contributed by atoms with Crippen LogP contribution in [0.2, 0.25) is 0 Å². The van der Waals surface area contributed by atoms with E-state index in [1.165, 1.54) is 0 Å². The first-order chi connectivity index (χ1) is 15.1. The molecule has 2 atom stereocenters. The molecule has 166 valence electrons. The summed E-state index contributed by atoms with van der Waals surface area (Å²) in [5.41, 5.74) is 3.50. The Morgan fingerprint density at radius 3 is 2.39 bits per heavy atom. The number of carbonyl (C=O) groups excluding carboxylic acids is 3. The lowest BCUT2D eigenvalue weighted by molar-refractivity contribution is -0.134. The first-order valence-electron chi connectivity index (χ1n) is 10.1. The number of hydrogen-bond acceptors (Lipinski definition) is 6. The highest BCUT2D eigenvalue weighted by Gasteiger charge is 2.25. The third kappa shape index (κ3) is 8.29. The van der Waals surface area contributed by atoms with Crippen molar-refractivity contribution in [2.75, 3.05) is 20.0 Å². The van der Waals surface area contributed by atoms with Crippen LogP contribution in [0.25, 0.3) is 0 Å². The van der Waals surface area contributed by atoms with E-state index in [1.54, 1.807) is 29.7 Å². The highest BCUT2D eigenvalue weighted by Crippen LogP contribution is 2.16. The number of carbonyl (C=O) groups is 3. The van der Waals surface area contributed by atoms with Crippen LogP contribution in [-0.4, -0.2) is 49.4 Å². The highest BCUT2D eigenvalue weighted by molar-refractivity contribution is 5.95. The van der Waals surface area contributed by atoms with Crippen LogP contribution in [0.5, 0.6) is 0 Å². The van der Waals surface area contributed by atoms with Gasteiger partial charge in [-0.3, -0.25) is 19.6 Å². The minimum atomic E-state index is -0.592. The molecule has 0 saturated carbocycles. The molecule has 3 N–H and O–H groups in total. The van der Waals surface area contributed by atoms with Crippen molar-refractivity contribution in [3.8, 4) is 0 Å². The normalized spacial score (nSPS) is 12.6. The van der Waals surface area contributed by atoms with E-state index in [0.29, 0.717) is 30.4 Å². The summed E-state index contributed by atoms with van der Waals surface area (Å²) in [6, 6.07) is 15.1. The molecule has 0 radical (unpaired) electrons. The molecule has 0 aliphatic heterocycles. The molecule has 0 heterocycles. The monoisotopic (exact) mass is 428 g/mol. The molecular formula is C23H28N2O6. The van der Waals surface area contributed by atoms with E-state index in [-0.39, 0.29) is 25.7 Å². The molecule has 2 rings (SSSR count). The van der Waals surface area contributed by atoms with Gasteiger partial charge in [0.05, 0.1) is 12.6 Å². The van der Waals surface area contributed by atoms with Gasteiger partial charge in [-0.15, -0.1) is 0 Å². The summed E-state index contributed by atoms with van der Waals surface area (Å²) in [6.45, 7) is 2.52. The van der Waals surface area contributed by atoms with E-state index in [2.05, 4.69) is 5.32 Å². The number of nitrogens with one attached hydrogen (secondary N) is 2. The molecule has 8 nitrogen and oxygen atoms in total. The van der Waals surface area contributed by atoms with Crippen molar-refractivity contribution in [2.45, 2.75) is 25.8 Å². The van der Waals surface area contributed by atoms with Gasteiger partial charge in [-0.2, -0.15) is 0 Å². The smallest absolute Gasteiger partial charge is 0.251 e. The van der Waals surface area contributed by atoms with Crippen molar-refractivity contribution in [1.29, 1.82) is 0 Å². The average molecular weight is 428 g/mol. The lowest BCUT2D eigenvalue weighted by Gasteiger charge is -2.24. The Bertz CT molecular complexity index is 826. The summed E-state index contributed by atoms with van der Waals surface area (Å²) in [6.07, 6.45) is 1.33. The zero-order valence-corrected chi connectivity index (χ0v) is 17.5. The van der Waals surface area contributed by atoms with Crippen molar-refractivity contribution in [3.63, 3.8) is 0 Å². The number of hydroxylamine groups is 1. The molecular weight excluding hydrogens is 400 g/mol. The highest BCUT2D eigenvalue weighted by atomic mass is 16.7. The lowest BCUT2D eigenvalue weighted by atomic mass is 9.92. The van der Waals surface area contributed by atoms with Crippen molar-refractivity contribution < 1.29 is 29.1 Å². The van der Waals surface area contributed by atoms with Gasteiger partial charge in [-0.05, 0) is 37.5 Å². The summed E-state index contributed by atoms with van der Waals surface area (Å²) in [4.78, 5) is 35.8. The fourth-order valence-corrected chi connectivity index (χ4v) is 3.10. The van der Waals surface area contributed by atoms with Gasteiger partial charge in [0.25, 0.3) is 5.91 Å². The molecule has 0 aliphatic carbocycles. The van der Waals surface area contributed by atoms with E-state index in [0.717, 1.165) is 5.56 Å². The number of ether oxygens (including phenoxy) is 2. The largest absolute Gasteiger partial charge is 0.356 e. The number of amides is 2. The van der Waals surface area contributed by atoms with Crippen molar-refractivity contribution >= 4 is 18.1 Å². The Balaban J connectivity index is 2.11. The fourth-order valence-electron chi connectivity index (χ4n) is 3.10. The number of aldehydes is 1. The Hall–Kier alpha value is -3.07. The summed E-state index contributed by atoms with van der Waals surface area (Å²) in [5.74, 6) is -1.49. The Morgan fingerprint density at radius 2 is 1.77 bits per heavy atom. The maximum atomic E-state index is 12.7.